The Bertz CT molecular complexity index is 499. The second-order valence-electron chi connectivity index (χ2n) is 2.96. The van der Waals surface area contributed by atoms with Crippen molar-refractivity contribution < 1.29 is 0 Å². The van der Waals surface area contributed by atoms with E-state index in [0.29, 0.717) is 11.0 Å². The van der Waals surface area contributed by atoms with Crippen molar-refractivity contribution in [3.05, 3.63) is 47.4 Å². The fourth-order valence-electron chi connectivity index (χ4n) is 1.25. The van der Waals surface area contributed by atoms with Crippen LogP contribution in [0.2, 0.25) is 0 Å². The molecule has 0 aliphatic heterocycles. The lowest BCUT2D eigenvalue weighted by Crippen LogP contribution is -2.08. The molecule has 2 rings (SSSR count). The van der Waals surface area contributed by atoms with Gasteiger partial charge < -0.3 is 9.97 Å². The lowest BCUT2D eigenvalue weighted by molar-refractivity contribution is 1.06. The van der Waals surface area contributed by atoms with Crippen LogP contribution in [-0.4, -0.2) is 9.97 Å². The summed E-state index contributed by atoms with van der Waals surface area (Å²) in [7, 11) is 0. The van der Waals surface area contributed by atoms with Crippen molar-refractivity contribution in [3.8, 4) is 11.4 Å². The van der Waals surface area contributed by atoms with Gasteiger partial charge in [0.15, 0.2) is 0 Å². The summed E-state index contributed by atoms with van der Waals surface area (Å²) in [6, 6.07) is 10.7. The Labute approximate surface area is 80.3 Å². The van der Waals surface area contributed by atoms with E-state index in [0.717, 1.165) is 11.4 Å². The third kappa shape index (κ3) is 1.64. The van der Waals surface area contributed by atoms with Gasteiger partial charge in [-0.25, -0.2) is 0 Å². The lowest BCUT2D eigenvalue weighted by Gasteiger charge is -2.00. The Kier molecular flexibility index (Phi) is 2.02. The van der Waals surface area contributed by atoms with Crippen molar-refractivity contribution in [1.82, 2.24) is 9.97 Å². The minimum atomic E-state index is 0.353. The second-order valence-corrected chi connectivity index (χ2v) is 2.96. The summed E-state index contributed by atoms with van der Waals surface area (Å²) in [6.07, 6.45) is 0. The van der Waals surface area contributed by atoms with Crippen LogP contribution >= 0.6 is 0 Å². The average Bonchev–Trinajstić information content (AvgIpc) is 2.18. The Morgan fingerprint density at radius 3 is 1.50 bits per heavy atom. The number of H-pyrrole nitrogens is 2. The van der Waals surface area contributed by atoms with Crippen LogP contribution in [0.1, 0.15) is 0 Å². The summed E-state index contributed by atoms with van der Waals surface area (Å²) in [6.45, 7) is 0. The van der Waals surface area contributed by atoms with Gasteiger partial charge in [-0.3, -0.25) is 10.8 Å². The van der Waals surface area contributed by atoms with Crippen LogP contribution in [0.15, 0.2) is 36.4 Å². The van der Waals surface area contributed by atoms with Gasteiger partial charge in [-0.05, 0) is 24.3 Å². The number of nitrogens with one attached hydrogen (secondary N) is 4. The predicted molar refractivity (Wildman–Crippen MR) is 52.3 cm³/mol. The average molecular weight is 186 g/mol. The highest BCUT2D eigenvalue weighted by Gasteiger charge is 1.95. The van der Waals surface area contributed by atoms with Crippen LogP contribution in [0.25, 0.3) is 11.4 Å². The molecule has 0 bridgehead atoms. The molecule has 4 heteroatoms. The van der Waals surface area contributed by atoms with Crippen molar-refractivity contribution in [2.75, 3.05) is 0 Å². The standard InChI is InChI=1S/C10H10N4/c11-9-5-1-3-7(13-9)8-4-2-6-10(12)14-8/h1-6H,(H2,11,13)(H2,12,14). The van der Waals surface area contributed by atoms with Gasteiger partial charge >= 0.3 is 0 Å². The molecule has 70 valence electrons. The van der Waals surface area contributed by atoms with Crippen LogP contribution in [0.3, 0.4) is 0 Å². The molecule has 0 saturated heterocycles. The van der Waals surface area contributed by atoms with Crippen molar-refractivity contribution in [3.63, 3.8) is 0 Å². The molecular formula is C10H10N4. The van der Waals surface area contributed by atoms with E-state index in [2.05, 4.69) is 9.97 Å². The van der Waals surface area contributed by atoms with Crippen LogP contribution in [-0.2, 0) is 0 Å². The van der Waals surface area contributed by atoms with Gasteiger partial charge in [0.05, 0.1) is 11.4 Å². The van der Waals surface area contributed by atoms with E-state index in [1.807, 2.05) is 12.1 Å². The van der Waals surface area contributed by atoms with Gasteiger partial charge in [-0.15, -0.1) is 0 Å². The van der Waals surface area contributed by atoms with Crippen LogP contribution in [0.5, 0.6) is 0 Å². The van der Waals surface area contributed by atoms with E-state index in [1.165, 1.54) is 0 Å². The predicted octanol–water partition coefficient (Wildman–Crippen LogP) is 0.969. The first-order valence-corrected chi connectivity index (χ1v) is 4.24. The molecule has 2 aromatic heterocycles. The van der Waals surface area contributed by atoms with Crippen LogP contribution in [0.4, 0.5) is 0 Å². The number of aromatic nitrogens is 2. The number of hydrogen-bond acceptors (Lipinski definition) is 2. The molecule has 0 radical (unpaired) electrons. The van der Waals surface area contributed by atoms with Gasteiger partial charge in [0, 0.05) is 0 Å². The molecule has 0 spiro atoms. The number of aromatic amines is 2. The Morgan fingerprint density at radius 2 is 1.14 bits per heavy atom. The fraction of sp³-hybridized carbons (Fsp3) is 0. The maximum Gasteiger partial charge on any atom is 0.122 e. The van der Waals surface area contributed by atoms with E-state index in [-0.39, 0.29) is 0 Å². The first kappa shape index (κ1) is 8.50. The van der Waals surface area contributed by atoms with Crippen molar-refractivity contribution in [1.29, 1.82) is 10.8 Å². The third-order valence-electron chi connectivity index (χ3n) is 1.88. The van der Waals surface area contributed by atoms with E-state index < -0.39 is 0 Å². The zero-order valence-electron chi connectivity index (χ0n) is 7.46. The van der Waals surface area contributed by atoms with Gasteiger partial charge in [0.25, 0.3) is 0 Å². The van der Waals surface area contributed by atoms with E-state index in [4.69, 9.17) is 10.8 Å². The molecular weight excluding hydrogens is 176 g/mol. The Morgan fingerprint density at radius 1 is 0.714 bits per heavy atom. The highest BCUT2D eigenvalue weighted by molar-refractivity contribution is 5.52. The minimum absolute atomic E-state index is 0.353. The van der Waals surface area contributed by atoms with Crippen LogP contribution < -0.4 is 11.0 Å². The summed E-state index contributed by atoms with van der Waals surface area (Å²) in [5.41, 5.74) is 2.33. The molecule has 0 unspecified atom stereocenters. The summed E-state index contributed by atoms with van der Waals surface area (Å²) in [5, 5.41) is 14.8. The molecule has 2 aromatic rings. The van der Waals surface area contributed by atoms with Gasteiger partial charge in [-0.1, -0.05) is 12.1 Å². The summed E-state index contributed by atoms with van der Waals surface area (Å²) in [5.74, 6) is 0. The molecule has 14 heavy (non-hydrogen) atoms. The quantitative estimate of drug-likeness (QED) is 0.512. The molecule has 4 N–H and O–H groups in total. The highest BCUT2D eigenvalue weighted by Crippen LogP contribution is 2.08. The number of hydrogen-bond donors (Lipinski definition) is 4. The van der Waals surface area contributed by atoms with Gasteiger partial charge in [0.2, 0.25) is 0 Å². The van der Waals surface area contributed by atoms with Gasteiger partial charge in [-0.2, -0.15) is 0 Å². The molecule has 0 fully saturated rings. The summed E-state index contributed by atoms with van der Waals surface area (Å²) < 4.78 is 0. The SMILES string of the molecule is N=c1cccc(-c2cccc(=N)[nH]2)[nH]1. The normalized spacial score (nSPS) is 10.0. The Hall–Kier alpha value is -2.10. The second kappa shape index (κ2) is 3.33. The zero-order valence-corrected chi connectivity index (χ0v) is 7.46. The molecule has 0 aliphatic rings. The van der Waals surface area contributed by atoms with E-state index >= 15 is 0 Å². The molecule has 0 aromatic carbocycles. The molecule has 2 heterocycles. The topological polar surface area (TPSA) is 79.3 Å². The van der Waals surface area contributed by atoms with Crippen molar-refractivity contribution >= 4 is 0 Å². The number of pyridine rings is 2. The lowest BCUT2D eigenvalue weighted by atomic mass is 10.2. The molecule has 0 amide bonds. The largest absolute Gasteiger partial charge is 0.339 e. The monoisotopic (exact) mass is 186 g/mol. The fourth-order valence-corrected chi connectivity index (χ4v) is 1.25. The molecule has 0 aliphatic carbocycles. The first-order chi connectivity index (χ1) is 6.75. The van der Waals surface area contributed by atoms with Crippen LogP contribution in [0, 0.1) is 10.8 Å². The minimum Gasteiger partial charge on any atom is -0.339 e. The summed E-state index contributed by atoms with van der Waals surface area (Å²) in [4.78, 5) is 5.81. The van der Waals surface area contributed by atoms with E-state index in [9.17, 15) is 0 Å². The smallest absolute Gasteiger partial charge is 0.122 e. The highest BCUT2D eigenvalue weighted by atomic mass is 14.8. The third-order valence-corrected chi connectivity index (χ3v) is 1.88. The first-order valence-electron chi connectivity index (χ1n) is 4.24. The maximum absolute atomic E-state index is 7.42. The summed E-state index contributed by atoms with van der Waals surface area (Å²) >= 11 is 0. The molecule has 0 atom stereocenters. The Balaban J connectivity index is 2.60. The van der Waals surface area contributed by atoms with Crippen molar-refractivity contribution in [2.45, 2.75) is 0 Å². The maximum atomic E-state index is 7.42. The van der Waals surface area contributed by atoms with Gasteiger partial charge in [0.1, 0.15) is 11.0 Å². The van der Waals surface area contributed by atoms with E-state index in [1.54, 1.807) is 24.3 Å². The molecule has 4 nitrogen and oxygen atoms in total. The zero-order chi connectivity index (χ0) is 9.97. The van der Waals surface area contributed by atoms with Crippen molar-refractivity contribution in [2.24, 2.45) is 0 Å². The molecule has 0 saturated carbocycles. The number of rotatable bonds is 1.